The zero-order valence-electron chi connectivity index (χ0n) is 15.9. The van der Waals surface area contributed by atoms with Crippen molar-refractivity contribution < 1.29 is 18.7 Å². The van der Waals surface area contributed by atoms with E-state index in [0.29, 0.717) is 19.0 Å². The highest BCUT2D eigenvalue weighted by Gasteiger charge is 2.37. The van der Waals surface area contributed by atoms with Crippen LogP contribution in [0.3, 0.4) is 0 Å². The molecule has 2 rings (SSSR count). The van der Waals surface area contributed by atoms with Crippen LogP contribution in [-0.2, 0) is 22.4 Å². The van der Waals surface area contributed by atoms with Gasteiger partial charge in [-0.1, -0.05) is 51.1 Å². The van der Waals surface area contributed by atoms with Gasteiger partial charge in [-0.15, -0.1) is 0 Å². The van der Waals surface area contributed by atoms with Crippen LogP contribution in [0.25, 0.3) is 0 Å². The van der Waals surface area contributed by atoms with Crippen LogP contribution in [0, 0.1) is 0 Å². The summed E-state index contributed by atoms with van der Waals surface area (Å²) in [5, 5.41) is 10.4. The predicted octanol–water partition coefficient (Wildman–Crippen LogP) is 5.05. The lowest BCUT2D eigenvalue weighted by molar-refractivity contribution is 0.0162. The summed E-state index contributed by atoms with van der Waals surface area (Å²) in [5.74, 6) is 1.25. The van der Waals surface area contributed by atoms with Crippen LogP contribution in [0.1, 0.15) is 44.0 Å². The maximum absolute atomic E-state index is 10.2. The average molecular weight is 363 g/mol. The van der Waals surface area contributed by atoms with Crippen LogP contribution >= 0.6 is 0 Å². The minimum Gasteiger partial charge on any atom is -0.461 e. The van der Waals surface area contributed by atoms with Crippen LogP contribution in [0.2, 0.25) is 18.1 Å². The third kappa shape index (κ3) is 5.82. The fourth-order valence-corrected chi connectivity index (χ4v) is 3.00. The molecule has 138 valence electrons. The summed E-state index contributed by atoms with van der Waals surface area (Å²) < 4.78 is 17.4. The van der Waals surface area contributed by atoms with E-state index in [0.717, 1.165) is 11.3 Å². The van der Waals surface area contributed by atoms with Crippen LogP contribution in [0.4, 0.5) is 0 Å². The third-order valence-electron chi connectivity index (χ3n) is 4.78. The highest BCUT2D eigenvalue weighted by atomic mass is 28.4. The molecule has 0 aliphatic carbocycles. The Balaban J connectivity index is 1.81. The molecule has 1 heterocycles. The lowest BCUT2D eigenvalue weighted by Crippen LogP contribution is -2.40. The van der Waals surface area contributed by atoms with Gasteiger partial charge in [-0.3, -0.25) is 0 Å². The van der Waals surface area contributed by atoms with Gasteiger partial charge in [0.25, 0.3) is 0 Å². The van der Waals surface area contributed by atoms with E-state index in [4.69, 9.17) is 13.6 Å². The molecule has 0 fully saturated rings. The number of hydrogen-bond donors (Lipinski definition) is 1. The van der Waals surface area contributed by atoms with Crippen molar-refractivity contribution in [2.75, 3.05) is 6.61 Å². The molecule has 0 spiro atoms. The number of aliphatic hydroxyl groups excluding tert-OH is 1. The Morgan fingerprint density at radius 2 is 1.72 bits per heavy atom. The van der Waals surface area contributed by atoms with Crippen molar-refractivity contribution in [1.82, 2.24) is 0 Å². The van der Waals surface area contributed by atoms with Gasteiger partial charge in [-0.25, -0.2) is 0 Å². The highest BCUT2D eigenvalue weighted by Crippen LogP contribution is 2.37. The summed E-state index contributed by atoms with van der Waals surface area (Å²) in [6.07, 6.45) is -0.773. The van der Waals surface area contributed by atoms with Gasteiger partial charge >= 0.3 is 0 Å². The van der Waals surface area contributed by atoms with Gasteiger partial charge in [0.05, 0.1) is 19.8 Å². The van der Waals surface area contributed by atoms with Crippen molar-refractivity contribution in [2.45, 2.75) is 58.2 Å². The summed E-state index contributed by atoms with van der Waals surface area (Å²) in [7, 11) is -1.81. The molecular weight excluding hydrogens is 332 g/mol. The SMILES string of the molecule is CC(C)(C)[Si](C)(C)OCc1ccc([C@@H](O)COCc2ccccc2)o1. The maximum atomic E-state index is 10.2. The Kier molecular flexibility index (Phi) is 6.63. The first kappa shape index (κ1) is 19.9. The van der Waals surface area contributed by atoms with Crippen molar-refractivity contribution in [3.63, 3.8) is 0 Å². The molecule has 5 heteroatoms. The largest absolute Gasteiger partial charge is 0.461 e. The Morgan fingerprint density at radius 3 is 2.36 bits per heavy atom. The number of aliphatic hydroxyl groups is 1. The standard InChI is InChI=1S/C20H30O4Si/c1-20(2,3)25(4,5)23-14-17-11-12-19(24-17)18(21)15-22-13-16-9-7-6-8-10-16/h6-12,18,21H,13-15H2,1-5H3/t18-/m0/s1. The maximum Gasteiger partial charge on any atom is 0.192 e. The molecule has 0 aliphatic rings. The number of hydrogen-bond acceptors (Lipinski definition) is 4. The minimum absolute atomic E-state index is 0.160. The second-order valence-electron chi connectivity index (χ2n) is 7.87. The Bertz CT molecular complexity index is 643. The van der Waals surface area contributed by atoms with Crippen molar-refractivity contribution in [3.05, 3.63) is 59.5 Å². The van der Waals surface area contributed by atoms with Gasteiger partial charge in [-0.2, -0.15) is 0 Å². The van der Waals surface area contributed by atoms with Gasteiger partial charge in [0.15, 0.2) is 8.32 Å². The number of benzene rings is 1. The van der Waals surface area contributed by atoms with E-state index in [2.05, 4.69) is 33.9 Å². The number of ether oxygens (including phenoxy) is 1. The van der Waals surface area contributed by atoms with E-state index in [1.165, 1.54) is 0 Å². The first-order valence-corrected chi connectivity index (χ1v) is 11.6. The molecule has 0 radical (unpaired) electrons. The predicted molar refractivity (Wildman–Crippen MR) is 102 cm³/mol. The zero-order chi connectivity index (χ0) is 18.5. The van der Waals surface area contributed by atoms with Crippen LogP contribution in [0.15, 0.2) is 46.9 Å². The third-order valence-corrected chi connectivity index (χ3v) is 9.26. The van der Waals surface area contributed by atoms with E-state index >= 15 is 0 Å². The molecule has 0 aliphatic heterocycles. The molecule has 0 unspecified atom stereocenters. The first-order chi connectivity index (χ1) is 11.7. The molecule has 0 saturated carbocycles. The fourth-order valence-electron chi connectivity index (χ4n) is 2.06. The fraction of sp³-hybridized carbons (Fsp3) is 0.500. The smallest absolute Gasteiger partial charge is 0.192 e. The summed E-state index contributed by atoms with van der Waals surface area (Å²) in [6.45, 7) is 12.2. The molecule has 4 nitrogen and oxygen atoms in total. The van der Waals surface area contributed by atoms with Gasteiger partial charge in [0, 0.05) is 0 Å². The monoisotopic (exact) mass is 362 g/mol. The van der Waals surface area contributed by atoms with Crippen molar-refractivity contribution in [3.8, 4) is 0 Å². The molecule has 1 atom stereocenters. The van der Waals surface area contributed by atoms with E-state index in [1.54, 1.807) is 6.07 Å². The van der Waals surface area contributed by atoms with Crippen LogP contribution in [-0.4, -0.2) is 20.0 Å². The molecule has 1 N–H and O–H groups in total. The van der Waals surface area contributed by atoms with Crippen molar-refractivity contribution in [2.24, 2.45) is 0 Å². The van der Waals surface area contributed by atoms with E-state index < -0.39 is 14.4 Å². The van der Waals surface area contributed by atoms with Crippen LogP contribution in [0.5, 0.6) is 0 Å². The lowest BCUT2D eigenvalue weighted by atomic mass is 10.2. The number of furan rings is 1. The summed E-state index contributed by atoms with van der Waals surface area (Å²) in [6, 6.07) is 13.6. The van der Waals surface area contributed by atoms with Gasteiger partial charge in [0.1, 0.15) is 17.6 Å². The van der Waals surface area contributed by atoms with Gasteiger partial charge < -0.3 is 18.7 Å². The molecule has 0 amide bonds. The molecular formula is C20H30O4Si. The quantitative estimate of drug-likeness (QED) is 0.668. The van der Waals surface area contributed by atoms with Gasteiger partial charge in [0.2, 0.25) is 0 Å². The zero-order valence-corrected chi connectivity index (χ0v) is 16.9. The highest BCUT2D eigenvalue weighted by molar-refractivity contribution is 6.74. The lowest BCUT2D eigenvalue weighted by Gasteiger charge is -2.35. The van der Waals surface area contributed by atoms with E-state index in [9.17, 15) is 5.11 Å². The van der Waals surface area contributed by atoms with Crippen LogP contribution < -0.4 is 0 Å². The summed E-state index contributed by atoms with van der Waals surface area (Å²) in [4.78, 5) is 0. The van der Waals surface area contributed by atoms with E-state index in [1.807, 2.05) is 36.4 Å². The van der Waals surface area contributed by atoms with Gasteiger partial charge in [-0.05, 0) is 35.8 Å². The topological polar surface area (TPSA) is 51.8 Å². The first-order valence-electron chi connectivity index (χ1n) is 8.71. The molecule has 0 bridgehead atoms. The molecule has 1 aromatic heterocycles. The van der Waals surface area contributed by atoms with E-state index in [-0.39, 0.29) is 11.6 Å². The molecule has 1 aromatic carbocycles. The second-order valence-corrected chi connectivity index (χ2v) is 12.7. The molecule has 0 saturated heterocycles. The molecule has 25 heavy (non-hydrogen) atoms. The Hall–Kier alpha value is -1.40. The number of rotatable bonds is 8. The average Bonchev–Trinajstić information content (AvgIpc) is 3.02. The molecule has 2 aromatic rings. The van der Waals surface area contributed by atoms with Crippen molar-refractivity contribution >= 4 is 8.32 Å². The summed E-state index contributed by atoms with van der Waals surface area (Å²) in [5.41, 5.74) is 1.08. The Labute approximate surface area is 151 Å². The summed E-state index contributed by atoms with van der Waals surface area (Å²) >= 11 is 0. The Morgan fingerprint density at radius 1 is 1.04 bits per heavy atom. The minimum atomic E-state index is -1.81. The van der Waals surface area contributed by atoms with Crippen molar-refractivity contribution in [1.29, 1.82) is 0 Å². The normalized spacial score (nSPS) is 13.8. The second kappa shape index (κ2) is 8.32.